The second-order valence-electron chi connectivity index (χ2n) is 5.73. The van der Waals surface area contributed by atoms with E-state index in [4.69, 9.17) is 9.15 Å². The van der Waals surface area contributed by atoms with Crippen molar-refractivity contribution < 1.29 is 13.9 Å². The minimum atomic E-state index is -0.179. The minimum Gasteiger partial charge on any atom is -0.497 e. The van der Waals surface area contributed by atoms with Gasteiger partial charge in [0.1, 0.15) is 11.5 Å². The Labute approximate surface area is 142 Å². The lowest BCUT2D eigenvalue weighted by Crippen LogP contribution is -2.41. The largest absolute Gasteiger partial charge is 0.497 e. The molecule has 2 N–H and O–H groups in total. The van der Waals surface area contributed by atoms with E-state index in [9.17, 15) is 4.79 Å². The van der Waals surface area contributed by atoms with E-state index in [2.05, 4.69) is 10.6 Å². The summed E-state index contributed by atoms with van der Waals surface area (Å²) in [6, 6.07) is 11.4. The number of furan rings is 1. The quantitative estimate of drug-likeness (QED) is 0.780. The summed E-state index contributed by atoms with van der Waals surface area (Å²) in [5.74, 6) is 1.66. The van der Waals surface area contributed by atoms with Crippen molar-refractivity contribution in [3.05, 3.63) is 54.0 Å². The number of nitrogens with one attached hydrogen (secondary N) is 2. The Morgan fingerprint density at radius 3 is 2.54 bits per heavy atom. The standard InChI is InChI=1S/C18H25N3O3/c1-21(2)16(17-5-4-12-24-17)13-20-18(22)19-11-10-14-6-8-15(23-3)9-7-14/h4-9,12,16H,10-11,13H2,1-3H3,(H2,19,20,22). The normalized spacial score (nSPS) is 12.0. The van der Waals surface area contributed by atoms with E-state index in [1.54, 1.807) is 13.4 Å². The summed E-state index contributed by atoms with van der Waals surface area (Å²) in [6.07, 6.45) is 2.41. The number of rotatable bonds is 8. The van der Waals surface area contributed by atoms with Gasteiger partial charge in [0.15, 0.2) is 0 Å². The first-order valence-electron chi connectivity index (χ1n) is 7.94. The Hall–Kier alpha value is -2.47. The van der Waals surface area contributed by atoms with Crippen LogP contribution in [-0.4, -0.2) is 45.2 Å². The number of ether oxygens (including phenoxy) is 1. The van der Waals surface area contributed by atoms with Gasteiger partial charge < -0.3 is 19.8 Å². The van der Waals surface area contributed by atoms with Crippen LogP contribution in [0.5, 0.6) is 5.75 Å². The number of carbonyl (C=O) groups excluding carboxylic acids is 1. The van der Waals surface area contributed by atoms with E-state index in [1.807, 2.05) is 55.4 Å². The topological polar surface area (TPSA) is 66.7 Å². The number of likely N-dealkylation sites (N-methyl/N-ethyl adjacent to an activating group) is 1. The Kier molecular flexibility index (Phi) is 6.69. The highest BCUT2D eigenvalue weighted by Crippen LogP contribution is 2.17. The SMILES string of the molecule is COc1ccc(CCNC(=O)NCC(c2ccco2)N(C)C)cc1. The molecule has 0 saturated carbocycles. The number of nitrogens with zero attached hydrogens (tertiary/aromatic N) is 1. The molecule has 1 atom stereocenters. The third-order valence-electron chi connectivity index (χ3n) is 3.81. The summed E-state index contributed by atoms with van der Waals surface area (Å²) < 4.78 is 10.5. The van der Waals surface area contributed by atoms with Crippen LogP contribution < -0.4 is 15.4 Å². The van der Waals surface area contributed by atoms with Gasteiger partial charge in [0.05, 0.1) is 19.4 Å². The molecular formula is C18H25N3O3. The molecule has 6 heteroatoms. The van der Waals surface area contributed by atoms with Gasteiger partial charge in [0.2, 0.25) is 0 Å². The number of urea groups is 1. The minimum absolute atomic E-state index is 0.00679. The first kappa shape index (κ1) is 17.9. The van der Waals surface area contributed by atoms with Gasteiger partial charge in [-0.1, -0.05) is 12.1 Å². The highest BCUT2D eigenvalue weighted by Gasteiger charge is 2.17. The van der Waals surface area contributed by atoms with Gasteiger partial charge in [-0.25, -0.2) is 4.79 Å². The molecule has 2 aromatic rings. The molecule has 24 heavy (non-hydrogen) atoms. The smallest absolute Gasteiger partial charge is 0.314 e. The van der Waals surface area contributed by atoms with Crippen LogP contribution in [0.15, 0.2) is 47.1 Å². The van der Waals surface area contributed by atoms with Crippen LogP contribution in [0.3, 0.4) is 0 Å². The van der Waals surface area contributed by atoms with Crippen molar-refractivity contribution in [1.29, 1.82) is 0 Å². The highest BCUT2D eigenvalue weighted by molar-refractivity contribution is 5.73. The summed E-state index contributed by atoms with van der Waals surface area (Å²) >= 11 is 0. The zero-order chi connectivity index (χ0) is 17.4. The van der Waals surface area contributed by atoms with Gasteiger partial charge in [0, 0.05) is 13.1 Å². The van der Waals surface area contributed by atoms with Crippen molar-refractivity contribution in [1.82, 2.24) is 15.5 Å². The van der Waals surface area contributed by atoms with Crippen molar-refractivity contribution in [2.45, 2.75) is 12.5 Å². The molecule has 0 aliphatic heterocycles. The maximum atomic E-state index is 11.9. The predicted octanol–water partition coefficient (Wildman–Crippen LogP) is 2.43. The van der Waals surface area contributed by atoms with Gasteiger partial charge in [-0.3, -0.25) is 4.90 Å². The zero-order valence-corrected chi connectivity index (χ0v) is 14.4. The second-order valence-corrected chi connectivity index (χ2v) is 5.73. The predicted molar refractivity (Wildman–Crippen MR) is 93.2 cm³/mol. The average Bonchev–Trinajstić information content (AvgIpc) is 3.09. The molecule has 6 nitrogen and oxygen atoms in total. The van der Waals surface area contributed by atoms with Crippen molar-refractivity contribution in [3.63, 3.8) is 0 Å². The number of carbonyl (C=O) groups is 1. The Morgan fingerprint density at radius 1 is 1.21 bits per heavy atom. The summed E-state index contributed by atoms with van der Waals surface area (Å²) in [5.41, 5.74) is 1.15. The Morgan fingerprint density at radius 2 is 1.96 bits per heavy atom. The molecule has 0 fully saturated rings. The van der Waals surface area contributed by atoms with Crippen LogP contribution in [0, 0.1) is 0 Å². The molecule has 1 aromatic carbocycles. The van der Waals surface area contributed by atoms with E-state index >= 15 is 0 Å². The van der Waals surface area contributed by atoms with Crippen molar-refractivity contribution >= 4 is 6.03 Å². The Balaban J connectivity index is 1.72. The van der Waals surface area contributed by atoms with Crippen LogP contribution in [0.25, 0.3) is 0 Å². The fourth-order valence-corrected chi connectivity index (χ4v) is 2.38. The second kappa shape index (κ2) is 8.98. The van der Waals surface area contributed by atoms with Crippen LogP contribution in [0.1, 0.15) is 17.4 Å². The average molecular weight is 331 g/mol. The molecule has 0 aliphatic carbocycles. The first-order chi connectivity index (χ1) is 11.6. The molecule has 0 spiro atoms. The first-order valence-corrected chi connectivity index (χ1v) is 7.94. The molecule has 130 valence electrons. The number of benzene rings is 1. The van der Waals surface area contributed by atoms with Gasteiger partial charge in [0.25, 0.3) is 0 Å². The van der Waals surface area contributed by atoms with Crippen LogP contribution in [-0.2, 0) is 6.42 Å². The van der Waals surface area contributed by atoms with E-state index in [-0.39, 0.29) is 12.1 Å². The number of hydrogen-bond acceptors (Lipinski definition) is 4. The van der Waals surface area contributed by atoms with Gasteiger partial charge in [-0.15, -0.1) is 0 Å². The summed E-state index contributed by atoms with van der Waals surface area (Å²) in [4.78, 5) is 13.9. The Bertz CT molecular complexity index is 609. The molecule has 1 heterocycles. The van der Waals surface area contributed by atoms with Gasteiger partial charge in [-0.2, -0.15) is 0 Å². The van der Waals surface area contributed by atoms with E-state index in [0.717, 1.165) is 23.5 Å². The van der Waals surface area contributed by atoms with Gasteiger partial charge >= 0.3 is 6.03 Å². The summed E-state index contributed by atoms with van der Waals surface area (Å²) in [6.45, 7) is 1.06. The lowest BCUT2D eigenvalue weighted by Gasteiger charge is -2.22. The van der Waals surface area contributed by atoms with E-state index < -0.39 is 0 Å². The number of hydrogen-bond donors (Lipinski definition) is 2. The van der Waals surface area contributed by atoms with Crippen molar-refractivity contribution in [2.24, 2.45) is 0 Å². The monoisotopic (exact) mass is 331 g/mol. The number of amides is 2. The molecule has 0 bridgehead atoms. The van der Waals surface area contributed by atoms with Crippen LogP contribution in [0.4, 0.5) is 4.79 Å². The molecule has 0 aliphatic rings. The van der Waals surface area contributed by atoms with Gasteiger partial charge in [-0.05, 0) is 50.3 Å². The molecule has 0 radical (unpaired) electrons. The fourth-order valence-electron chi connectivity index (χ4n) is 2.38. The van der Waals surface area contributed by atoms with E-state index in [1.165, 1.54) is 0 Å². The molecule has 1 unspecified atom stereocenters. The van der Waals surface area contributed by atoms with E-state index in [0.29, 0.717) is 13.1 Å². The summed E-state index contributed by atoms with van der Waals surface area (Å²) in [5, 5.41) is 5.75. The number of methoxy groups -OCH3 is 1. The third-order valence-corrected chi connectivity index (χ3v) is 3.81. The lowest BCUT2D eigenvalue weighted by atomic mass is 10.1. The molecule has 2 amide bonds. The van der Waals surface area contributed by atoms with Crippen LogP contribution in [0.2, 0.25) is 0 Å². The molecular weight excluding hydrogens is 306 g/mol. The lowest BCUT2D eigenvalue weighted by molar-refractivity contribution is 0.225. The third kappa shape index (κ3) is 5.31. The van der Waals surface area contributed by atoms with Crippen molar-refractivity contribution in [2.75, 3.05) is 34.3 Å². The molecule has 2 rings (SSSR count). The summed E-state index contributed by atoms with van der Waals surface area (Å²) in [7, 11) is 5.55. The van der Waals surface area contributed by atoms with Crippen molar-refractivity contribution in [3.8, 4) is 5.75 Å². The zero-order valence-electron chi connectivity index (χ0n) is 14.4. The molecule has 1 aromatic heterocycles. The fraction of sp³-hybridized carbons (Fsp3) is 0.389. The molecule has 0 saturated heterocycles. The maximum Gasteiger partial charge on any atom is 0.314 e. The van der Waals surface area contributed by atoms with Crippen LogP contribution >= 0.6 is 0 Å². The maximum absolute atomic E-state index is 11.9. The highest BCUT2D eigenvalue weighted by atomic mass is 16.5.